The number of sulfonamides is 1. The van der Waals surface area contributed by atoms with Gasteiger partial charge >= 0.3 is 6.01 Å². The van der Waals surface area contributed by atoms with Crippen molar-refractivity contribution in [1.82, 2.24) is 9.97 Å². The summed E-state index contributed by atoms with van der Waals surface area (Å²) < 4.78 is 27.0. The Kier molecular flexibility index (Phi) is 2.72. The molecule has 0 atom stereocenters. The maximum Gasteiger partial charge on any atom is 0.316 e. The van der Waals surface area contributed by atoms with Gasteiger partial charge in [-0.25, -0.2) is 13.6 Å². The van der Waals surface area contributed by atoms with Crippen molar-refractivity contribution >= 4 is 10.0 Å². The third kappa shape index (κ3) is 1.99. The number of primary sulfonamides is 1. The fourth-order valence-electron chi connectivity index (χ4n) is 1.18. The van der Waals surface area contributed by atoms with Crippen LogP contribution in [0.2, 0.25) is 0 Å². The van der Waals surface area contributed by atoms with E-state index in [4.69, 9.17) is 9.88 Å². The number of aromatic nitrogens is 2. The first kappa shape index (κ1) is 10.9. The minimum Gasteiger partial charge on any atom is -0.467 e. The Hall–Kier alpha value is -1.21. The SMILES string of the molecule is COc1nc(C)c(S(N)(=O)=O)c(C)n1. The number of hydrogen-bond donors (Lipinski definition) is 1. The van der Waals surface area contributed by atoms with E-state index in [9.17, 15) is 8.42 Å². The van der Waals surface area contributed by atoms with Crippen molar-refractivity contribution in [2.75, 3.05) is 7.11 Å². The molecule has 1 aromatic heterocycles. The second kappa shape index (κ2) is 3.50. The average molecular weight is 217 g/mol. The summed E-state index contributed by atoms with van der Waals surface area (Å²) >= 11 is 0. The van der Waals surface area contributed by atoms with E-state index in [-0.39, 0.29) is 22.3 Å². The Bertz CT molecular complexity index is 432. The molecule has 0 unspecified atom stereocenters. The normalized spacial score (nSPS) is 11.4. The van der Waals surface area contributed by atoms with Gasteiger partial charge in [0.15, 0.2) is 0 Å². The van der Waals surface area contributed by atoms with Crippen LogP contribution < -0.4 is 9.88 Å². The van der Waals surface area contributed by atoms with Crippen molar-refractivity contribution in [2.45, 2.75) is 18.7 Å². The zero-order chi connectivity index (χ0) is 10.9. The molecule has 0 radical (unpaired) electrons. The van der Waals surface area contributed by atoms with E-state index in [2.05, 4.69) is 9.97 Å². The first-order valence-electron chi connectivity index (χ1n) is 3.78. The lowest BCUT2D eigenvalue weighted by Gasteiger charge is -2.07. The number of nitrogens with zero attached hydrogens (tertiary/aromatic N) is 2. The molecule has 0 amide bonds. The summed E-state index contributed by atoms with van der Waals surface area (Å²) in [6.07, 6.45) is 0. The van der Waals surface area contributed by atoms with Crippen LogP contribution in [-0.4, -0.2) is 25.5 Å². The maximum absolute atomic E-state index is 11.1. The fourth-order valence-corrected chi connectivity index (χ4v) is 2.09. The first-order chi connectivity index (χ1) is 6.36. The fraction of sp³-hybridized carbons (Fsp3) is 0.429. The van der Waals surface area contributed by atoms with E-state index in [1.165, 1.54) is 21.0 Å². The number of methoxy groups -OCH3 is 1. The van der Waals surface area contributed by atoms with Gasteiger partial charge in [0.25, 0.3) is 0 Å². The number of hydrogen-bond acceptors (Lipinski definition) is 5. The summed E-state index contributed by atoms with van der Waals surface area (Å²) in [7, 11) is -2.36. The summed E-state index contributed by atoms with van der Waals surface area (Å²) in [5, 5.41) is 5.00. The van der Waals surface area contributed by atoms with Crippen molar-refractivity contribution < 1.29 is 13.2 Å². The molecular weight excluding hydrogens is 206 g/mol. The summed E-state index contributed by atoms with van der Waals surface area (Å²) in [5.74, 6) is 0. The highest BCUT2D eigenvalue weighted by molar-refractivity contribution is 7.89. The van der Waals surface area contributed by atoms with Gasteiger partial charge in [-0.15, -0.1) is 0 Å². The largest absolute Gasteiger partial charge is 0.467 e. The number of nitrogens with two attached hydrogens (primary N) is 1. The number of aryl methyl sites for hydroxylation is 2. The third-order valence-electron chi connectivity index (χ3n) is 1.65. The van der Waals surface area contributed by atoms with Crippen LogP contribution in [0.15, 0.2) is 4.90 Å². The van der Waals surface area contributed by atoms with Gasteiger partial charge in [0.05, 0.1) is 18.5 Å². The van der Waals surface area contributed by atoms with Crippen LogP contribution >= 0.6 is 0 Å². The van der Waals surface area contributed by atoms with Crippen molar-refractivity contribution in [3.63, 3.8) is 0 Å². The van der Waals surface area contributed by atoms with Crippen LogP contribution in [-0.2, 0) is 10.0 Å². The molecule has 14 heavy (non-hydrogen) atoms. The Labute approximate surface area is 82.2 Å². The van der Waals surface area contributed by atoms with Crippen molar-refractivity contribution in [2.24, 2.45) is 5.14 Å². The molecular formula is C7H11N3O3S. The molecule has 7 heteroatoms. The van der Waals surface area contributed by atoms with E-state index in [0.29, 0.717) is 0 Å². The summed E-state index contributed by atoms with van der Waals surface area (Å²) in [5.41, 5.74) is 0.578. The second-order valence-corrected chi connectivity index (χ2v) is 4.25. The molecule has 6 nitrogen and oxygen atoms in total. The average Bonchev–Trinajstić information content (AvgIpc) is 1.99. The van der Waals surface area contributed by atoms with E-state index < -0.39 is 10.0 Å². The van der Waals surface area contributed by atoms with Gasteiger partial charge in [-0.2, -0.15) is 9.97 Å². The van der Waals surface area contributed by atoms with Crippen molar-refractivity contribution in [3.8, 4) is 6.01 Å². The third-order valence-corrected chi connectivity index (χ3v) is 2.81. The van der Waals surface area contributed by atoms with Crippen LogP contribution in [0, 0.1) is 13.8 Å². The Morgan fingerprint density at radius 2 is 1.64 bits per heavy atom. The molecule has 2 N–H and O–H groups in total. The minimum absolute atomic E-state index is 0.0432. The molecule has 1 heterocycles. The summed E-state index contributed by atoms with van der Waals surface area (Å²) in [4.78, 5) is 7.61. The lowest BCUT2D eigenvalue weighted by atomic mass is 10.3. The highest BCUT2D eigenvalue weighted by Gasteiger charge is 2.18. The highest BCUT2D eigenvalue weighted by atomic mass is 32.2. The molecule has 0 fully saturated rings. The Balaban J connectivity index is 3.48. The zero-order valence-electron chi connectivity index (χ0n) is 8.10. The van der Waals surface area contributed by atoms with Crippen molar-refractivity contribution in [1.29, 1.82) is 0 Å². The van der Waals surface area contributed by atoms with E-state index in [1.54, 1.807) is 0 Å². The molecule has 0 spiro atoms. The molecule has 0 aliphatic carbocycles. The lowest BCUT2D eigenvalue weighted by Crippen LogP contribution is -2.17. The minimum atomic E-state index is -3.77. The molecule has 0 aliphatic heterocycles. The van der Waals surface area contributed by atoms with Gasteiger partial charge < -0.3 is 4.74 Å². The van der Waals surface area contributed by atoms with Gasteiger partial charge in [-0.1, -0.05) is 0 Å². The smallest absolute Gasteiger partial charge is 0.316 e. The zero-order valence-corrected chi connectivity index (χ0v) is 8.92. The van der Waals surface area contributed by atoms with Gasteiger partial charge in [-0.3, -0.25) is 0 Å². The van der Waals surface area contributed by atoms with Crippen LogP contribution in [0.1, 0.15) is 11.4 Å². The van der Waals surface area contributed by atoms with E-state index in [0.717, 1.165) is 0 Å². The first-order valence-corrected chi connectivity index (χ1v) is 5.33. The Morgan fingerprint density at radius 3 is 1.93 bits per heavy atom. The summed E-state index contributed by atoms with van der Waals surface area (Å²) in [6.45, 7) is 3.08. The monoisotopic (exact) mass is 217 g/mol. The number of rotatable bonds is 2. The predicted octanol–water partition coefficient (Wildman–Crippen LogP) is -0.251. The molecule has 1 aromatic rings. The molecule has 0 saturated carbocycles. The molecule has 0 saturated heterocycles. The van der Waals surface area contributed by atoms with Gasteiger partial charge in [0, 0.05) is 0 Å². The van der Waals surface area contributed by atoms with Crippen molar-refractivity contribution in [3.05, 3.63) is 11.4 Å². The van der Waals surface area contributed by atoms with E-state index >= 15 is 0 Å². The molecule has 78 valence electrons. The van der Waals surface area contributed by atoms with Crippen LogP contribution in [0.4, 0.5) is 0 Å². The lowest BCUT2D eigenvalue weighted by molar-refractivity contribution is 0.376. The summed E-state index contributed by atoms with van der Waals surface area (Å²) in [6, 6.07) is 0.132. The molecule has 0 aliphatic rings. The van der Waals surface area contributed by atoms with Gasteiger partial charge in [0.2, 0.25) is 10.0 Å². The second-order valence-electron chi connectivity index (χ2n) is 2.76. The van der Waals surface area contributed by atoms with Gasteiger partial charge in [-0.05, 0) is 13.8 Å². The highest BCUT2D eigenvalue weighted by Crippen LogP contribution is 2.17. The topological polar surface area (TPSA) is 95.2 Å². The predicted molar refractivity (Wildman–Crippen MR) is 49.4 cm³/mol. The number of ether oxygens (including phenoxy) is 1. The quantitative estimate of drug-likeness (QED) is 0.737. The van der Waals surface area contributed by atoms with Gasteiger partial charge in [0.1, 0.15) is 4.90 Å². The molecule has 0 bridgehead atoms. The van der Waals surface area contributed by atoms with E-state index in [1.807, 2.05) is 0 Å². The van der Waals surface area contributed by atoms with Crippen LogP contribution in [0.3, 0.4) is 0 Å². The molecule has 0 aromatic carbocycles. The van der Waals surface area contributed by atoms with Crippen LogP contribution in [0.5, 0.6) is 6.01 Å². The Morgan fingerprint density at radius 1 is 1.21 bits per heavy atom. The molecule has 1 rings (SSSR count). The van der Waals surface area contributed by atoms with Crippen LogP contribution in [0.25, 0.3) is 0 Å². The standard InChI is InChI=1S/C7H11N3O3S/c1-4-6(14(8,11)12)5(2)10-7(9-4)13-3/h1-3H3,(H2,8,11,12). The maximum atomic E-state index is 11.1.